The van der Waals surface area contributed by atoms with Crippen molar-refractivity contribution in [2.75, 3.05) is 5.73 Å². The highest BCUT2D eigenvalue weighted by atomic mass is 79.9. The summed E-state index contributed by atoms with van der Waals surface area (Å²) in [6.45, 7) is 0. The number of nitrogen functional groups attached to an aromatic ring is 1. The molecule has 0 aliphatic rings. The molecule has 2 N–H and O–H groups in total. The fourth-order valence-corrected chi connectivity index (χ4v) is 3.33. The zero-order chi connectivity index (χ0) is 11.7. The molecule has 0 spiro atoms. The third kappa shape index (κ3) is 2.50. The first-order valence-corrected chi connectivity index (χ1v) is 6.96. The lowest BCUT2D eigenvalue weighted by molar-refractivity contribution is 1.53. The third-order valence-corrected chi connectivity index (χ3v) is 4.02. The van der Waals surface area contributed by atoms with Gasteiger partial charge in [0.05, 0.1) is 0 Å². The molecular formula is C12H8Br3N. The van der Waals surface area contributed by atoms with Crippen LogP contribution < -0.4 is 5.73 Å². The second-order valence-corrected chi connectivity index (χ2v) is 5.99. The maximum Gasteiger partial charge on any atom is 0.0325 e. The molecule has 0 aromatic heterocycles. The van der Waals surface area contributed by atoms with E-state index in [0.717, 1.165) is 30.2 Å². The van der Waals surface area contributed by atoms with E-state index in [1.54, 1.807) is 0 Å². The molecule has 2 aromatic rings. The summed E-state index contributed by atoms with van der Waals surface area (Å²) in [5.74, 6) is 0. The van der Waals surface area contributed by atoms with Crippen molar-refractivity contribution >= 4 is 53.5 Å². The van der Waals surface area contributed by atoms with E-state index in [9.17, 15) is 0 Å². The Balaban J connectivity index is 2.59. The summed E-state index contributed by atoms with van der Waals surface area (Å²) in [5.41, 5.74) is 8.73. The van der Waals surface area contributed by atoms with E-state index in [0.29, 0.717) is 0 Å². The van der Waals surface area contributed by atoms with Gasteiger partial charge in [-0.3, -0.25) is 0 Å². The van der Waals surface area contributed by atoms with Crippen LogP contribution in [0.2, 0.25) is 0 Å². The van der Waals surface area contributed by atoms with Crippen molar-refractivity contribution in [3.05, 3.63) is 49.8 Å². The van der Waals surface area contributed by atoms with Crippen molar-refractivity contribution in [2.24, 2.45) is 0 Å². The number of benzene rings is 2. The Morgan fingerprint density at radius 1 is 0.750 bits per heavy atom. The molecular weight excluding hydrogens is 398 g/mol. The molecule has 1 nitrogen and oxygen atoms in total. The number of anilines is 1. The Kier molecular flexibility index (Phi) is 3.72. The zero-order valence-corrected chi connectivity index (χ0v) is 12.9. The van der Waals surface area contributed by atoms with Crippen LogP contribution in [0.1, 0.15) is 0 Å². The highest BCUT2D eigenvalue weighted by Gasteiger charge is 2.07. The first-order chi connectivity index (χ1) is 7.58. The van der Waals surface area contributed by atoms with Crippen molar-refractivity contribution < 1.29 is 0 Å². The summed E-state index contributed by atoms with van der Waals surface area (Å²) in [6, 6.07) is 11.9. The van der Waals surface area contributed by atoms with Gasteiger partial charge in [-0.25, -0.2) is 0 Å². The number of rotatable bonds is 1. The maximum atomic E-state index is 5.72. The third-order valence-electron chi connectivity index (χ3n) is 2.21. The van der Waals surface area contributed by atoms with Crippen LogP contribution in [0, 0.1) is 0 Å². The van der Waals surface area contributed by atoms with Gasteiger partial charge in [-0.05, 0) is 35.4 Å². The van der Waals surface area contributed by atoms with Gasteiger partial charge >= 0.3 is 0 Å². The van der Waals surface area contributed by atoms with Crippen LogP contribution >= 0.6 is 47.8 Å². The van der Waals surface area contributed by atoms with Gasteiger partial charge in [0.2, 0.25) is 0 Å². The summed E-state index contributed by atoms with van der Waals surface area (Å²) in [6.07, 6.45) is 0. The largest absolute Gasteiger partial charge is 0.399 e. The molecule has 4 heteroatoms. The quantitative estimate of drug-likeness (QED) is 0.646. The first kappa shape index (κ1) is 12.1. The Bertz CT molecular complexity index is 488. The molecule has 0 fully saturated rings. The van der Waals surface area contributed by atoms with Gasteiger partial charge in [-0.2, -0.15) is 0 Å². The van der Waals surface area contributed by atoms with Crippen molar-refractivity contribution in [2.45, 2.75) is 0 Å². The van der Waals surface area contributed by atoms with E-state index >= 15 is 0 Å². The first-order valence-electron chi connectivity index (χ1n) is 4.58. The SMILES string of the molecule is Nc1ccc(-c2ccc(Br)cc2Br)c(Br)c1. The molecule has 0 aliphatic heterocycles. The average Bonchev–Trinajstić information content (AvgIpc) is 2.19. The second kappa shape index (κ2) is 4.90. The summed E-state index contributed by atoms with van der Waals surface area (Å²) < 4.78 is 3.09. The smallest absolute Gasteiger partial charge is 0.0325 e. The average molecular weight is 406 g/mol. The number of halogens is 3. The molecule has 0 amide bonds. The molecule has 16 heavy (non-hydrogen) atoms. The predicted octanol–water partition coefficient (Wildman–Crippen LogP) is 5.22. The Morgan fingerprint density at radius 2 is 1.31 bits per heavy atom. The molecule has 0 heterocycles. The summed E-state index contributed by atoms with van der Waals surface area (Å²) >= 11 is 10.5. The maximum absolute atomic E-state index is 5.72. The minimum atomic E-state index is 0.754. The van der Waals surface area contributed by atoms with Crippen LogP contribution in [0.25, 0.3) is 11.1 Å². The fraction of sp³-hybridized carbons (Fsp3) is 0. The van der Waals surface area contributed by atoms with Gasteiger partial charge in [-0.15, -0.1) is 0 Å². The minimum Gasteiger partial charge on any atom is -0.399 e. The van der Waals surface area contributed by atoms with E-state index in [-0.39, 0.29) is 0 Å². The Labute approximate surface area is 119 Å². The van der Waals surface area contributed by atoms with Gasteiger partial charge < -0.3 is 5.73 Å². The molecule has 2 rings (SSSR count). The highest BCUT2D eigenvalue weighted by Crippen LogP contribution is 2.35. The van der Waals surface area contributed by atoms with Crippen LogP contribution in [0.4, 0.5) is 5.69 Å². The lowest BCUT2D eigenvalue weighted by Crippen LogP contribution is -1.87. The summed E-state index contributed by atoms with van der Waals surface area (Å²) in [7, 11) is 0. The molecule has 0 aliphatic carbocycles. The van der Waals surface area contributed by atoms with Gasteiger partial charge in [0, 0.05) is 19.1 Å². The van der Waals surface area contributed by atoms with Crippen LogP contribution in [-0.4, -0.2) is 0 Å². The van der Waals surface area contributed by atoms with Gasteiger partial charge in [0.25, 0.3) is 0 Å². The van der Waals surface area contributed by atoms with Crippen molar-refractivity contribution in [1.82, 2.24) is 0 Å². The van der Waals surface area contributed by atoms with Crippen molar-refractivity contribution in [3.8, 4) is 11.1 Å². The molecule has 0 radical (unpaired) electrons. The normalized spacial score (nSPS) is 10.4. The van der Waals surface area contributed by atoms with E-state index in [1.165, 1.54) is 0 Å². The monoisotopic (exact) mass is 403 g/mol. The molecule has 0 saturated heterocycles. The highest BCUT2D eigenvalue weighted by molar-refractivity contribution is 9.11. The summed E-state index contributed by atoms with van der Waals surface area (Å²) in [4.78, 5) is 0. The Hall–Kier alpha value is -0.320. The van der Waals surface area contributed by atoms with E-state index < -0.39 is 0 Å². The van der Waals surface area contributed by atoms with E-state index in [4.69, 9.17) is 5.73 Å². The van der Waals surface area contributed by atoms with Crippen LogP contribution in [0.5, 0.6) is 0 Å². The lowest BCUT2D eigenvalue weighted by atomic mass is 10.1. The lowest BCUT2D eigenvalue weighted by Gasteiger charge is -2.08. The number of hydrogen-bond acceptors (Lipinski definition) is 1. The second-order valence-electron chi connectivity index (χ2n) is 3.36. The number of nitrogens with two attached hydrogens (primary N) is 1. The van der Waals surface area contributed by atoms with E-state index in [1.807, 2.05) is 30.3 Å². The summed E-state index contributed by atoms with van der Waals surface area (Å²) in [5, 5.41) is 0. The van der Waals surface area contributed by atoms with Gasteiger partial charge in [0.1, 0.15) is 0 Å². The number of hydrogen-bond donors (Lipinski definition) is 1. The van der Waals surface area contributed by atoms with E-state index in [2.05, 4.69) is 53.9 Å². The minimum absolute atomic E-state index is 0.754. The van der Waals surface area contributed by atoms with Crippen molar-refractivity contribution in [1.29, 1.82) is 0 Å². The molecule has 2 aromatic carbocycles. The van der Waals surface area contributed by atoms with Crippen LogP contribution in [0.3, 0.4) is 0 Å². The predicted molar refractivity (Wildman–Crippen MR) is 79.4 cm³/mol. The molecule has 0 atom stereocenters. The van der Waals surface area contributed by atoms with Crippen LogP contribution in [-0.2, 0) is 0 Å². The topological polar surface area (TPSA) is 26.0 Å². The Morgan fingerprint density at radius 3 is 1.88 bits per heavy atom. The van der Waals surface area contributed by atoms with Crippen molar-refractivity contribution in [3.63, 3.8) is 0 Å². The molecule has 82 valence electrons. The van der Waals surface area contributed by atoms with Crippen LogP contribution in [0.15, 0.2) is 49.8 Å². The van der Waals surface area contributed by atoms with Gasteiger partial charge in [-0.1, -0.05) is 59.9 Å². The molecule has 0 saturated carbocycles. The van der Waals surface area contributed by atoms with Gasteiger partial charge in [0.15, 0.2) is 0 Å². The standard InChI is InChI=1S/C12H8Br3N/c13-7-1-3-9(11(14)5-7)10-4-2-8(16)6-12(10)15/h1-6H,16H2. The zero-order valence-electron chi connectivity index (χ0n) is 8.18. The fourth-order valence-electron chi connectivity index (χ4n) is 1.46. The molecule has 0 bridgehead atoms. The molecule has 0 unspecified atom stereocenters.